The van der Waals surface area contributed by atoms with Gasteiger partial charge in [0.15, 0.2) is 0 Å². The van der Waals surface area contributed by atoms with Gasteiger partial charge in [0, 0.05) is 0 Å². The number of halogens is 1. The molecule has 0 radical (unpaired) electrons. The molecule has 0 aliphatic carbocycles. The fraction of sp³-hybridized carbons (Fsp3) is 0.692. The van der Waals surface area contributed by atoms with Crippen LogP contribution in [0.4, 0.5) is 0 Å². The van der Waals surface area contributed by atoms with Crippen LogP contribution in [0.1, 0.15) is 45.8 Å². The van der Waals surface area contributed by atoms with Crippen molar-refractivity contribution in [2.75, 3.05) is 6.54 Å². The molecule has 0 aliphatic heterocycles. The van der Waals surface area contributed by atoms with Gasteiger partial charge in [-0.1, -0.05) is 27.2 Å². The Bertz CT molecular complexity index is 251. The molecule has 0 fully saturated rings. The van der Waals surface area contributed by atoms with Crippen LogP contribution < -0.4 is 5.32 Å². The van der Waals surface area contributed by atoms with Crippen molar-refractivity contribution in [2.24, 2.45) is 5.41 Å². The quantitative estimate of drug-likeness (QED) is 0.767. The second-order valence-corrected chi connectivity index (χ2v) is 5.27. The summed E-state index contributed by atoms with van der Waals surface area (Å²) >= 11 is 0. The van der Waals surface area contributed by atoms with Crippen LogP contribution in [0, 0.1) is 5.41 Å². The topological polar surface area (TPSA) is 25.2 Å². The van der Waals surface area contributed by atoms with Gasteiger partial charge >= 0.3 is 0 Å². The molecular formula is C13H24ClNO. The van der Waals surface area contributed by atoms with Crippen LogP contribution in [0.3, 0.4) is 0 Å². The van der Waals surface area contributed by atoms with Crippen LogP contribution in [-0.4, -0.2) is 6.54 Å². The minimum atomic E-state index is 0. The number of hydrogen-bond acceptors (Lipinski definition) is 2. The van der Waals surface area contributed by atoms with Gasteiger partial charge < -0.3 is 9.73 Å². The van der Waals surface area contributed by atoms with Crippen LogP contribution in [0.25, 0.3) is 0 Å². The lowest BCUT2D eigenvalue weighted by Crippen LogP contribution is -2.15. The standard InChI is InChI=1S/C13H23NO.ClH/c1-13(2,3)8-4-5-9-14-11-12-7-6-10-15-12;/h6-7,10,14H,4-5,8-9,11H2,1-3H3;1H. The third kappa shape index (κ3) is 7.77. The SMILES string of the molecule is CC(C)(C)CCCCNCc1ccco1.Cl. The van der Waals surface area contributed by atoms with Crippen molar-refractivity contribution >= 4 is 12.4 Å². The Kier molecular flexibility index (Phi) is 7.52. The number of nitrogens with one attached hydrogen (secondary N) is 1. The zero-order valence-corrected chi connectivity index (χ0v) is 11.4. The molecule has 16 heavy (non-hydrogen) atoms. The summed E-state index contributed by atoms with van der Waals surface area (Å²) in [6, 6.07) is 3.93. The molecule has 1 heterocycles. The van der Waals surface area contributed by atoms with Crippen molar-refractivity contribution in [1.82, 2.24) is 5.32 Å². The highest BCUT2D eigenvalue weighted by Crippen LogP contribution is 2.21. The van der Waals surface area contributed by atoms with Gasteiger partial charge in [-0.2, -0.15) is 0 Å². The van der Waals surface area contributed by atoms with E-state index >= 15 is 0 Å². The van der Waals surface area contributed by atoms with E-state index in [4.69, 9.17) is 4.42 Å². The molecule has 0 amide bonds. The molecule has 0 aliphatic rings. The van der Waals surface area contributed by atoms with Crippen molar-refractivity contribution in [3.8, 4) is 0 Å². The first-order chi connectivity index (χ1) is 7.08. The van der Waals surface area contributed by atoms with Crippen molar-refractivity contribution in [3.63, 3.8) is 0 Å². The largest absolute Gasteiger partial charge is 0.468 e. The zero-order valence-electron chi connectivity index (χ0n) is 10.6. The van der Waals surface area contributed by atoms with Gasteiger partial charge in [0.25, 0.3) is 0 Å². The average molecular weight is 246 g/mol. The van der Waals surface area contributed by atoms with Crippen molar-refractivity contribution in [1.29, 1.82) is 0 Å². The van der Waals surface area contributed by atoms with E-state index in [1.165, 1.54) is 19.3 Å². The summed E-state index contributed by atoms with van der Waals surface area (Å²) in [6.07, 6.45) is 5.57. The molecule has 0 saturated carbocycles. The lowest BCUT2D eigenvalue weighted by atomic mass is 9.90. The lowest BCUT2D eigenvalue weighted by molar-refractivity contribution is 0.357. The average Bonchev–Trinajstić information content (AvgIpc) is 2.61. The molecule has 1 aromatic rings. The molecule has 94 valence electrons. The van der Waals surface area contributed by atoms with E-state index in [0.29, 0.717) is 5.41 Å². The fourth-order valence-electron chi connectivity index (χ4n) is 1.53. The van der Waals surface area contributed by atoms with E-state index in [-0.39, 0.29) is 12.4 Å². The molecule has 0 bridgehead atoms. The number of hydrogen-bond donors (Lipinski definition) is 1. The first-order valence-corrected chi connectivity index (χ1v) is 5.81. The fourth-order valence-corrected chi connectivity index (χ4v) is 1.53. The number of rotatable bonds is 6. The molecule has 1 N–H and O–H groups in total. The summed E-state index contributed by atoms with van der Waals surface area (Å²) in [6.45, 7) is 8.81. The summed E-state index contributed by atoms with van der Waals surface area (Å²) in [5, 5.41) is 3.38. The van der Waals surface area contributed by atoms with Gasteiger partial charge in [-0.3, -0.25) is 0 Å². The summed E-state index contributed by atoms with van der Waals surface area (Å²) in [5.41, 5.74) is 0.473. The van der Waals surface area contributed by atoms with Crippen LogP contribution in [0.2, 0.25) is 0 Å². The molecule has 0 aromatic carbocycles. The van der Waals surface area contributed by atoms with Crippen LogP contribution in [0.15, 0.2) is 22.8 Å². The van der Waals surface area contributed by atoms with E-state index in [1.54, 1.807) is 6.26 Å². The monoisotopic (exact) mass is 245 g/mol. The van der Waals surface area contributed by atoms with Crippen molar-refractivity contribution in [2.45, 2.75) is 46.6 Å². The molecule has 0 saturated heterocycles. The van der Waals surface area contributed by atoms with Crippen LogP contribution in [-0.2, 0) is 6.54 Å². The van der Waals surface area contributed by atoms with Crippen molar-refractivity contribution in [3.05, 3.63) is 24.2 Å². The second-order valence-electron chi connectivity index (χ2n) is 5.27. The highest BCUT2D eigenvalue weighted by Gasteiger charge is 2.08. The smallest absolute Gasteiger partial charge is 0.117 e. The van der Waals surface area contributed by atoms with E-state index in [1.807, 2.05) is 12.1 Å². The summed E-state index contributed by atoms with van der Waals surface area (Å²) in [4.78, 5) is 0. The van der Waals surface area contributed by atoms with Gasteiger partial charge in [-0.25, -0.2) is 0 Å². The first kappa shape index (κ1) is 15.5. The van der Waals surface area contributed by atoms with Gasteiger partial charge in [-0.15, -0.1) is 12.4 Å². The molecule has 2 nitrogen and oxygen atoms in total. The minimum Gasteiger partial charge on any atom is -0.468 e. The Labute approximate surface area is 105 Å². The molecule has 0 atom stereocenters. The molecule has 0 spiro atoms. The Morgan fingerprint density at radius 1 is 1.25 bits per heavy atom. The van der Waals surface area contributed by atoms with Gasteiger partial charge in [0.2, 0.25) is 0 Å². The Morgan fingerprint density at radius 2 is 2.00 bits per heavy atom. The highest BCUT2D eigenvalue weighted by atomic mass is 35.5. The maximum Gasteiger partial charge on any atom is 0.117 e. The molecular weight excluding hydrogens is 222 g/mol. The summed E-state index contributed by atoms with van der Waals surface area (Å²) in [7, 11) is 0. The molecule has 3 heteroatoms. The third-order valence-corrected chi connectivity index (χ3v) is 2.41. The number of unbranched alkanes of at least 4 members (excludes halogenated alkanes) is 1. The van der Waals surface area contributed by atoms with Crippen LogP contribution >= 0.6 is 12.4 Å². The maximum absolute atomic E-state index is 5.23. The number of furan rings is 1. The second kappa shape index (κ2) is 7.75. The first-order valence-electron chi connectivity index (χ1n) is 5.81. The zero-order chi connectivity index (χ0) is 11.1. The van der Waals surface area contributed by atoms with Crippen LogP contribution in [0.5, 0.6) is 0 Å². The molecule has 1 aromatic heterocycles. The summed E-state index contributed by atoms with van der Waals surface area (Å²) in [5.74, 6) is 1.02. The van der Waals surface area contributed by atoms with E-state index in [0.717, 1.165) is 18.8 Å². The van der Waals surface area contributed by atoms with Gasteiger partial charge in [-0.05, 0) is 36.9 Å². The van der Waals surface area contributed by atoms with Gasteiger partial charge in [0.05, 0.1) is 12.8 Å². The Hall–Kier alpha value is -0.470. The van der Waals surface area contributed by atoms with E-state index < -0.39 is 0 Å². The Balaban J connectivity index is 0.00000225. The highest BCUT2D eigenvalue weighted by molar-refractivity contribution is 5.85. The Morgan fingerprint density at radius 3 is 2.56 bits per heavy atom. The lowest BCUT2D eigenvalue weighted by Gasteiger charge is -2.17. The third-order valence-electron chi connectivity index (χ3n) is 2.41. The normalized spacial score (nSPS) is 11.2. The van der Waals surface area contributed by atoms with E-state index in [2.05, 4.69) is 26.1 Å². The van der Waals surface area contributed by atoms with Crippen molar-refractivity contribution < 1.29 is 4.42 Å². The van der Waals surface area contributed by atoms with Gasteiger partial charge in [0.1, 0.15) is 5.76 Å². The predicted molar refractivity (Wildman–Crippen MR) is 71.0 cm³/mol. The van der Waals surface area contributed by atoms with E-state index in [9.17, 15) is 0 Å². The molecule has 0 unspecified atom stereocenters. The molecule has 1 rings (SSSR count). The summed E-state index contributed by atoms with van der Waals surface area (Å²) < 4.78 is 5.23. The maximum atomic E-state index is 5.23. The predicted octanol–water partition coefficient (Wildman–Crippen LogP) is 4.01. The minimum absolute atomic E-state index is 0.